The first-order chi connectivity index (χ1) is 9.43. The lowest BCUT2D eigenvalue weighted by Gasteiger charge is -2.24. The fraction of sp³-hybridized carbons (Fsp3) is 0.857. The van der Waals surface area contributed by atoms with Crippen LogP contribution in [0.25, 0.3) is 0 Å². The van der Waals surface area contributed by atoms with Crippen LogP contribution in [0.3, 0.4) is 0 Å². The average Bonchev–Trinajstić information content (AvgIpc) is 2.21. The summed E-state index contributed by atoms with van der Waals surface area (Å²) in [5.74, 6) is 0. The lowest BCUT2D eigenvalue weighted by atomic mass is 10.2. The van der Waals surface area contributed by atoms with Crippen molar-refractivity contribution in [3.8, 4) is 0 Å². The van der Waals surface area contributed by atoms with Crippen molar-refractivity contribution in [2.24, 2.45) is 0 Å². The SMILES string of the molecule is CC(C)(C)OC(=O)NC[C@@H](CCO)NC(=O)OC(C)(C)C. The van der Waals surface area contributed by atoms with Gasteiger partial charge in [0.15, 0.2) is 0 Å². The van der Waals surface area contributed by atoms with Crippen LogP contribution in [-0.4, -0.2) is 47.7 Å². The number of hydrogen-bond acceptors (Lipinski definition) is 5. The Balaban J connectivity index is 4.31. The van der Waals surface area contributed by atoms with Crippen LogP contribution in [0, 0.1) is 0 Å². The Kier molecular flexibility index (Phi) is 7.49. The predicted molar refractivity (Wildman–Crippen MR) is 79.1 cm³/mol. The third kappa shape index (κ3) is 12.0. The van der Waals surface area contributed by atoms with Crippen LogP contribution >= 0.6 is 0 Å². The second-order valence-electron chi connectivity index (χ2n) is 6.74. The Bertz CT molecular complexity index is 344. The molecule has 0 unspecified atom stereocenters. The average molecular weight is 304 g/mol. The van der Waals surface area contributed by atoms with E-state index >= 15 is 0 Å². The van der Waals surface area contributed by atoms with Gasteiger partial charge in [-0.05, 0) is 48.0 Å². The van der Waals surface area contributed by atoms with Gasteiger partial charge in [0, 0.05) is 13.2 Å². The lowest BCUT2D eigenvalue weighted by Crippen LogP contribution is -2.46. The summed E-state index contributed by atoms with van der Waals surface area (Å²) in [6.45, 7) is 10.6. The number of carbonyl (C=O) groups excluding carboxylic acids is 2. The summed E-state index contributed by atoms with van der Waals surface area (Å²) in [7, 11) is 0. The van der Waals surface area contributed by atoms with Gasteiger partial charge in [-0.3, -0.25) is 0 Å². The highest BCUT2D eigenvalue weighted by molar-refractivity contribution is 5.69. The molecule has 0 bridgehead atoms. The van der Waals surface area contributed by atoms with E-state index in [2.05, 4.69) is 10.6 Å². The van der Waals surface area contributed by atoms with Crippen molar-refractivity contribution in [3.63, 3.8) is 0 Å². The molecule has 21 heavy (non-hydrogen) atoms. The van der Waals surface area contributed by atoms with Gasteiger partial charge in [0.2, 0.25) is 0 Å². The monoisotopic (exact) mass is 304 g/mol. The molecule has 0 aliphatic carbocycles. The largest absolute Gasteiger partial charge is 0.444 e. The number of carbonyl (C=O) groups is 2. The van der Waals surface area contributed by atoms with Gasteiger partial charge >= 0.3 is 12.2 Å². The zero-order valence-electron chi connectivity index (χ0n) is 13.8. The number of hydrogen-bond donors (Lipinski definition) is 3. The van der Waals surface area contributed by atoms with Gasteiger partial charge in [-0.25, -0.2) is 9.59 Å². The van der Waals surface area contributed by atoms with Crippen molar-refractivity contribution in [2.75, 3.05) is 13.2 Å². The predicted octanol–water partition coefficient (Wildman–Crippen LogP) is 1.79. The van der Waals surface area contributed by atoms with Crippen molar-refractivity contribution in [1.29, 1.82) is 0 Å². The van der Waals surface area contributed by atoms with Crippen molar-refractivity contribution in [1.82, 2.24) is 10.6 Å². The molecule has 0 aromatic carbocycles. The number of alkyl carbamates (subject to hydrolysis) is 2. The van der Waals surface area contributed by atoms with Gasteiger partial charge in [0.25, 0.3) is 0 Å². The molecule has 0 aliphatic rings. The highest BCUT2D eigenvalue weighted by atomic mass is 16.6. The van der Waals surface area contributed by atoms with Crippen LogP contribution in [0.1, 0.15) is 48.0 Å². The van der Waals surface area contributed by atoms with Gasteiger partial charge in [-0.15, -0.1) is 0 Å². The second-order valence-corrected chi connectivity index (χ2v) is 6.74. The molecular weight excluding hydrogens is 276 g/mol. The van der Waals surface area contributed by atoms with E-state index in [1.807, 2.05) is 0 Å². The summed E-state index contributed by atoms with van der Waals surface area (Å²) in [4.78, 5) is 23.2. The lowest BCUT2D eigenvalue weighted by molar-refractivity contribution is 0.0456. The Labute approximate surface area is 126 Å². The van der Waals surface area contributed by atoms with E-state index < -0.39 is 29.4 Å². The normalized spacial score (nSPS) is 13.3. The molecule has 7 nitrogen and oxygen atoms in total. The highest BCUT2D eigenvalue weighted by Crippen LogP contribution is 2.08. The maximum absolute atomic E-state index is 11.7. The first-order valence-corrected chi connectivity index (χ1v) is 7.00. The van der Waals surface area contributed by atoms with Crippen LogP contribution in [0.5, 0.6) is 0 Å². The number of rotatable bonds is 5. The molecule has 7 heteroatoms. The van der Waals surface area contributed by atoms with E-state index in [1.54, 1.807) is 41.5 Å². The van der Waals surface area contributed by atoms with Crippen LogP contribution in [0.2, 0.25) is 0 Å². The smallest absolute Gasteiger partial charge is 0.407 e. The Morgan fingerprint density at radius 3 is 1.90 bits per heavy atom. The zero-order chi connectivity index (χ0) is 16.7. The molecule has 0 spiro atoms. The molecule has 0 saturated heterocycles. The van der Waals surface area contributed by atoms with Gasteiger partial charge in [0.1, 0.15) is 11.2 Å². The van der Waals surface area contributed by atoms with Gasteiger partial charge in [-0.2, -0.15) is 0 Å². The fourth-order valence-corrected chi connectivity index (χ4v) is 1.38. The molecule has 124 valence electrons. The van der Waals surface area contributed by atoms with Gasteiger partial charge in [0.05, 0.1) is 6.04 Å². The minimum atomic E-state index is -0.605. The number of ether oxygens (including phenoxy) is 2. The summed E-state index contributed by atoms with van der Waals surface area (Å²) in [6, 6.07) is -0.433. The van der Waals surface area contributed by atoms with Crippen molar-refractivity contribution < 1.29 is 24.2 Å². The fourth-order valence-electron chi connectivity index (χ4n) is 1.38. The van der Waals surface area contributed by atoms with Crippen LogP contribution in [-0.2, 0) is 9.47 Å². The number of aliphatic hydroxyl groups excluding tert-OH is 1. The second kappa shape index (κ2) is 8.07. The van der Waals surface area contributed by atoms with Crippen LogP contribution < -0.4 is 10.6 Å². The van der Waals surface area contributed by atoms with Crippen molar-refractivity contribution in [2.45, 2.75) is 65.2 Å². The maximum atomic E-state index is 11.7. The van der Waals surface area contributed by atoms with E-state index in [0.29, 0.717) is 6.42 Å². The Hall–Kier alpha value is -1.50. The molecule has 2 amide bonds. The summed E-state index contributed by atoms with van der Waals surface area (Å²) in [6.07, 6.45) is -0.863. The first kappa shape index (κ1) is 19.5. The standard InChI is InChI=1S/C14H28N2O5/c1-13(2,3)20-11(18)15-9-10(7-8-17)16-12(19)21-14(4,5)6/h10,17H,7-9H2,1-6H3,(H,15,18)(H,16,19)/t10-/m1/s1. The molecule has 0 radical (unpaired) electrons. The third-order valence-corrected chi connectivity index (χ3v) is 2.09. The quantitative estimate of drug-likeness (QED) is 0.719. The summed E-state index contributed by atoms with van der Waals surface area (Å²) in [5.41, 5.74) is -1.19. The summed E-state index contributed by atoms with van der Waals surface area (Å²) < 4.78 is 10.2. The molecule has 0 fully saturated rings. The molecule has 0 aliphatic heterocycles. The zero-order valence-corrected chi connectivity index (χ0v) is 13.8. The topological polar surface area (TPSA) is 96.9 Å². The maximum Gasteiger partial charge on any atom is 0.407 e. The minimum absolute atomic E-state index is 0.115. The van der Waals surface area contributed by atoms with E-state index in [1.165, 1.54) is 0 Å². The molecule has 0 heterocycles. The molecule has 0 saturated carbocycles. The first-order valence-electron chi connectivity index (χ1n) is 7.00. The minimum Gasteiger partial charge on any atom is -0.444 e. The van der Waals surface area contributed by atoms with Crippen molar-refractivity contribution >= 4 is 12.2 Å². The number of amides is 2. The molecule has 0 aromatic rings. The highest BCUT2D eigenvalue weighted by Gasteiger charge is 2.21. The van der Waals surface area contributed by atoms with E-state index in [-0.39, 0.29) is 13.2 Å². The molecule has 0 rings (SSSR count). The Morgan fingerprint density at radius 2 is 1.48 bits per heavy atom. The van der Waals surface area contributed by atoms with Crippen LogP contribution in [0.4, 0.5) is 9.59 Å². The van der Waals surface area contributed by atoms with Gasteiger partial charge in [-0.1, -0.05) is 0 Å². The van der Waals surface area contributed by atoms with E-state index in [0.717, 1.165) is 0 Å². The van der Waals surface area contributed by atoms with Crippen molar-refractivity contribution in [3.05, 3.63) is 0 Å². The summed E-state index contributed by atoms with van der Waals surface area (Å²) >= 11 is 0. The number of aliphatic hydroxyl groups is 1. The van der Waals surface area contributed by atoms with Gasteiger partial charge < -0.3 is 25.2 Å². The molecular formula is C14H28N2O5. The molecule has 0 aromatic heterocycles. The molecule has 1 atom stereocenters. The summed E-state index contributed by atoms with van der Waals surface area (Å²) in [5, 5.41) is 14.1. The number of nitrogens with one attached hydrogen (secondary N) is 2. The Morgan fingerprint density at radius 1 is 1.00 bits per heavy atom. The van der Waals surface area contributed by atoms with E-state index in [9.17, 15) is 9.59 Å². The molecule has 3 N–H and O–H groups in total. The third-order valence-electron chi connectivity index (χ3n) is 2.09. The van der Waals surface area contributed by atoms with Crippen LogP contribution in [0.15, 0.2) is 0 Å². The van der Waals surface area contributed by atoms with E-state index in [4.69, 9.17) is 14.6 Å².